The molecule has 0 aliphatic heterocycles. The molecule has 2 aromatic rings. The maximum absolute atomic E-state index is 12.4. The summed E-state index contributed by atoms with van der Waals surface area (Å²) in [6.07, 6.45) is 1.61. The molecular formula is C15H10ClNO2. The monoisotopic (exact) mass is 271 g/mol. The summed E-state index contributed by atoms with van der Waals surface area (Å²) in [4.78, 5) is 28.9. The minimum Gasteiger partial charge on any atom is -0.293 e. The summed E-state index contributed by atoms with van der Waals surface area (Å²) in [6, 6.07) is 8.43. The van der Waals surface area contributed by atoms with Gasteiger partial charge < -0.3 is 0 Å². The second-order valence-corrected chi connectivity index (χ2v) is 4.96. The van der Waals surface area contributed by atoms with Crippen LogP contribution in [0, 0.1) is 6.92 Å². The van der Waals surface area contributed by atoms with Crippen LogP contribution in [0.2, 0.25) is 5.02 Å². The third kappa shape index (κ3) is 1.78. The van der Waals surface area contributed by atoms with Crippen LogP contribution < -0.4 is 0 Å². The Bertz CT molecular complexity index is 709. The van der Waals surface area contributed by atoms with Crippen LogP contribution in [0.5, 0.6) is 0 Å². The number of carbonyl (C=O) groups excluding carboxylic acids is 2. The molecule has 1 unspecified atom stereocenters. The van der Waals surface area contributed by atoms with Gasteiger partial charge in [-0.15, -0.1) is 0 Å². The molecule has 3 rings (SSSR count). The maximum atomic E-state index is 12.4. The molecule has 1 atom stereocenters. The number of hydrogen-bond donors (Lipinski definition) is 0. The van der Waals surface area contributed by atoms with Crippen LogP contribution >= 0.6 is 11.6 Å². The number of Topliss-reactive ketones (excluding diaryl/α,β-unsaturated/α-hetero) is 2. The summed E-state index contributed by atoms with van der Waals surface area (Å²) in [7, 11) is 0. The molecule has 0 saturated carbocycles. The predicted molar refractivity (Wildman–Crippen MR) is 71.8 cm³/mol. The lowest BCUT2D eigenvalue weighted by Crippen LogP contribution is -2.13. The van der Waals surface area contributed by atoms with E-state index < -0.39 is 5.92 Å². The van der Waals surface area contributed by atoms with E-state index in [1.807, 2.05) is 6.92 Å². The fourth-order valence-electron chi connectivity index (χ4n) is 2.45. The minimum absolute atomic E-state index is 0.187. The van der Waals surface area contributed by atoms with Gasteiger partial charge in [0.1, 0.15) is 5.92 Å². The van der Waals surface area contributed by atoms with Crippen molar-refractivity contribution in [2.45, 2.75) is 12.8 Å². The molecule has 4 heteroatoms. The van der Waals surface area contributed by atoms with Crippen LogP contribution in [0.4, 0.5) is 0 Å². The Balaban J connectivity index is 2.16. The van der Waals surface area contributed by atoms with Gasteiger partial charge in [-0.1, -0.05) is 23.7 Å². The second kappa shape index (κ2) is 4.28. The number of fused-ring (bicyclic) bond motifs is 1. The number of hydrogen-bond acceptors (Lipinski definition) is 3. The van der Waals surface area contributed by atoms with E-state index in [2.05, 4.69) is 4.98 Å². The average molecular weight is 272 g/mol. The van der Waals surface area contributed by atoms with Gasteiger partial charge in [0.2, 0.25) is 0 Å². The number of nitrogens with zero attached hydrogens (tertiary/aromatic N) is 1. The first-order valence-corrected chi connectivity index (χ1v) is 6.27. The highest BCUT2D eigenvalue weighted by atomic mass is 35.5. The predicted octanol–water partition coefficient (Wildman–Crippen LogP) is 3.21. The largest absolute Gasteiger partial charge is 0.293 e. The molecule has 1 heterocycles. The topological polar surface area (TPSA) is 47.0 Å². The first-order chi connectivity index (χ1) is 9.09. The lowest BCUT2D eigenvalue weighted by atomic mass is 9.95. The van der Waals surface area contributed by atoms with Gasteiger partial charge in [0.15, 0.2) is 11.6 Å². The molecule has 1 aromatic carbocycles. The van der Waals surface area contributed by atoms with Crippen molar-refractivity contribution in [3.05, 3.63) is 63.9 Å². The van der Waals surface area contributed by atoms with Gasteiger partial charge in [0.25, 0.3) is 0 Å². The Morgan fingerprint density at radius 2 is 1.95 bits per heavy atom. The van der Waals surface area contributed by atoms with E-state index in [4.69, 9.17) is 11.6 Å². The van der Waals surface area contributed by atoms with Crippen LogP contribution in [0.25, 0.3) is 0 Å². The number of aromatic nitrogens is 1. The number of rotatable bonds is 1. The van der Waals surface area contributed by atoms with Crippen LogP contribution in [-0.4, -0.2) is 16.6 Å². The molecule has 0 amide bonds. The Kier molecular flexibility index (Phi) is 2.72. The van der Waals surface area contributed by atoms with Crippen molar-refractivity contribution >= 4 is 23.2 Å². The van der Waals surface area contributed by atoms with Crippen LogP contribution in [0.1, 0.15) is 37.9 Å². The number of carbonyl (C=O) groups is 2. The summed E-state index contributed by atoms with van der Waals surface area (Å²) >= 11 is 6.03. The average Bonchev–Trinajstić information content (AvgIpc) is 2.63. The van der Waals surface area contributed by atoms with Gasteiger partial charge >= 0.3 is 0 Å². The Morgan fingerprint density at radius 1 is 1.16 bits per heavy atom. The fraction of sp³-hybridized carbons (Fsp3) is 0.133. The van der Waals surface area contributed by atoms with E-state index in [-0.39, 0.29) is 11.6 Å². The molecule has 19 heavy (non-hydrogen) atoms. The first kappa shape index (κ1) is 12.1. The van der Waals surface area contributed by atoms with Gasteiger partial charge in [-0.05, 0) is 30.7 Å². The molecule has 0 fully saturated rings. The van der Waals surface area contributed by atoms with Crippen molar-refractivity contribution in [1.29, 1.82) is 0 Å². The smallest absolute Gasteiger partial charge is 0.180 e. The molecule has 1 aliphatic rings. The molecule has 0 radical (unpaired) electrons. The normalized spacial score (nSPS) is 17.7. The Morgan fingerprint density at radius 3 is 2.63 bits per heavy atom. The molecule has 94 valence electrons. The van der Waals surface area contributed by atoms with Gasteiger partial charge in [-0.2, -0.15) is 0 Å². The van der Waals surface area contributed by atoms with E-state index >= 15 is 0 Å². The van der Waals surface area contributed by atoms with E-state index in [9.17, 15) is 9.59 Å². The Hall–Kier alpha value is -2.00. The number of benzene rings is 1. The zero-order valence-corrected chi connectivity index (χ0v) is 10.9. The first-order valence-electron chi connectivity index (χ1n) is 5.89. The minimum atomic E-state index is -0.781. The number of ketones is 2. The van der Waals surface area contributed by atoms with E-state index in [0.29, 0.717) is 21.7 Å². The lowest BCUT2D eigenvalue weighted by molar-refractivity contribution is 0.0890. The highest BCUT2D eigenvalue weighted by molar-refractivity contribution is 6.39. The van der Waals surface area contributed by atoms with E-state index in [1.165, 1.54) is 0 Å². The van der Waals surface area contributed by atoms with Gasteiger partial charge in [-0.3, -0.25) is 14.6 Å². The SMILES string of the molecule is Cc1cc(C2C(=O)c3cccc(Cl)c3C2=O)ccn1. The van der Waals surface area contributed by atoms with Crippen molar-refractivity contribution in [3.8, 4) is 0 Å². The van der Waals surface area contributed by atoms with Gasteiger partial charge in [0.05, 0.1) is 5.02 Å². The third-order valence-corrected chi connectivity index (χ3v) is 3.62. The summed E-state index contributed by atoms with van der Waals surface area (Å²) in [5.41, 5.74) is 2.21. The summed E-state index contributed by atoms with van der Waals surface area (Å²) in [5.74, 6) is -1.19. The van der Waals surface area contributed by atoms with Crippen molar-refractivity contribution in [1.82, 2.24) is 4.98 Å². The summed E-state index contributed by atoms with van der Waals surface area (Å²) in [6.45, 7) is 1.83. The molecule has 1 aliphatic carbocycles. The van der Waals surface area contributed by atoms with Crippen molar-refractivity contribution < 1.29 is 9.59 Å². The van der Waals surface area contributed by atoms with E-state index in [1.54, 1.807) is 36.5 Å². The second-order valence-electron chi connectivity index (χ2n) is 4.55. The standard InChI is InChI=1S/C15H10ClNO2/c1-8-7-9(5-6-17-8)12-14(18)10-3-2-4-11(16)13(10)15(12)19/h2-7,12H,1H3. The molecule has 0 saturated heterocycles. The summed E-state index contributed by atoms with van der Waals surface area (Å²) < 4.78 is 0. The quantitative estimate of drug-likeness (QED) is 0.748. The summed E-state index contributed by atoms with van der Waals surface area (Å²) in [5, 5.41) is 0.337. The van der Waals surface area contributed by atoms with Crippen LogP contribution in [0.15, 0.2) is 36.5 Å². The molecular weight excluding hydrogens is 262 g/mol. The van der Waals surface area contributed by atoms with Crippen molar-refractivity contribution in [2.24, 2.45) is 0 Å². The number of halogens is 1. The highest BCUT2D eigenvalue weighted by Crippen LogP contribution is 2.37. The number of aryl methyl sites for hydroxylation is 1. The molecule has 3 nitrogen and oxygen atoms in total. The fourth-order valence-corrected chi connectivity index (χ4v) is 2.72. The van der Waals surface area contributed by atoms with Crippen LogP contribution in [-0.2, 0) is 0 Å². The lowest BCUT2D eigenvalue weighted by Gasteiger charge is -2.07. The third-order valence-electron chi connectivity index (χ3n) is 3.30. The van der Waals surface area contributed by atoms with E-state index in [0.717, 1.165) is 5.69 Å². The maximum Gasteiger partial charge on any atom is 0.180 e. The molecule has 0 N–H and O–H groups in total. The van der Waals surface area contributed by atoms with Crippen LogP contribution in [0.3, 0.4) is 0 Å². The van der Waals surface area contributed by atoms with Gasteiger partial charge in [-0.25, -0.2) is 0 Å². The number of pyridine rings is 1. The Labute approximate surface area is 115 Å². The zero-order chi connectivity index (χ0) is 13.6. The molecule has 1 aromatic heterocycles. The zero-order valence-electron chi connectivity index (χ0n) is 10.2. The van der Waals surface area contributed by atoms with Crippen molar-refractivity contribution in [3.63, 3.8) is 0 Å². The molecule has 0 bridgehead atoms. The highest BCUT2D eigenvalue weighted by Gasteiger charge is 2.40. The van der Waals surface area contributed by atoms with Gasteiger partial charge in [0, 0.05) is 23.0 Å². The van der Waals surface area contributed by atoms with Crippen molar-refractivity contribution in [2.75, 3.05) is 0 Å². The molecule has 0 spiro atoms.